The van der Waals surface area contributed by atoms with Gasteiger partial charge in [-0.2, -0.15) is 5.10 Å². The molecule has 0 saturated carbocycles. The van der Waals surface area contributed by atoms with Crippen molar-refractivity contribution < 1.29 is 18.6 Å². The molecule has 2 aromatic rings. The van der Waals surface area contributed by atoms with Crippen LogP contribution in [0.1, 0.15) is 36.7 Å². The minimum atomic E-state index is -2.29. The van der Waals surface area contributed by atoms with Gasteiger partial charge in [-0.25, -0.2) is 9.50 Å². The highest BCUT2D eigenvalue weighted by atomic mass is 32.2. The van der Waals surface area contributed by atoms with Crippen molar-refractivity contribution in [2.75, 3.05) is 7.11 Å². The number of aryl methyl sites for hydroxylation is 1. The van der Waals surface area contributed by atoms with E-state index in [1.165, 1.54) is 18.4 Å². The third-order valence-corrected chi connectivity index (χ3v) is 5.93. The third-order valence-electron chi connectivity index (χ3n) is 3.84. The number of aromatic nitrogens is 3. The Bertz CT molecular complexity index is 873. The fourth-order valence-electron chi connectivity index (χ4n) is 2.66. The van der Waals surface area contributed by atoms with Crippen molar-refractivity contribution in [1.82, 2.24) is 14.6 Å². The zero-order chi connectivity index (χ0) is 17.6. The highest BCUT2D eigenvalue weighted by Gasteiger charge is 2.28. The molecule has 0 aliphatic heterocycles. The molecular weight excluding hydrogens is 350 g/mol. The van der Waals surface area contributed by atoms with Gasteiger partial charge in [-0.3, -0.25) is 4.21 Å². The molecule has 1 aliphatic rings. The molecule has 130 valence electrons. The number of ether oxygens (including phenoxy) is 1. The van der Waals surface area contributed by atoms with E-state index in [2.05, 4.69) is 10.1 Å². The van der Waals surface area contributed by atoms with Crippen molar-refractivity contribution in [2.24, 2.45) is 0 Å². The normalized spacial score (nSPS) is 20.0. The second-order valence-electron chi connectivity index (χ2n) is 6.12. The van der Waals surface area contributed by atoms with Crippen molar-refractivity contribution in [3.05, 3.63) is 34.3 Å². The molecule has 0 aromatic carbocycles. The van der Waals surface area contributed by atoms with Crippen molar-refractivity contribution in [3.63, 3.8) is 0 Å². The van der Waals surface area contributed by atoms with Gasteiger partial charge in [-0.05, 0) is 49.9 Å². The predicted octanol–water partition coefficient (Wildman–Crippen LogP) is 1.89. The first-order valence-electron chi connectivity index (χ1n) is 7.34. The number of imidazole rings is 1. The highest BCUT2D eigenvalue weighted by Crippen LogP contribution is 2.34. The standard InChI is InChI=1S/C15H19N3O4S2/c1-8-12(9-5-6-10(22-4)11(7-9)24(20)21)18-14(16-8)23-13(17-18)15(2,3)19/h5-6,11,19H,7H2,1-4H3,(H,20,21)/p-1. The molecule has 1 aliphatic carbocycles. The van der Waals surface area contributed by atoms with Gasteiger partial charge in [0.15, 0.2) is 0 Å². The van der Waals surface area contributed by atoms with Crippen molar-refractivity contribution >= 4 is 33.0 Å². The van der Waals surface area contributed by atoms with Gasteiger partial charge in [0.2, 0.25) is 4.96 Å². The number of rotatable bonds is 4. The number of hydrogen-bond acceptors (Lipinski definition) is 7. The van der Waals surface area contributed by atoms with E-state index in [1.54, 1.807) is 24.4 Å². The molecule has 2 heterocycles. The average Bonchev–Trinajstić information content (AvgIpc) is 3.02. The Morgan fingerprint density at radius 3 is 2.79 bits per heavy atom. The van der Waals surface area contributed by atoms with E-state index in [9.17, 15) is 13.9 Å². The second-order valence-corrected chi connectivity index (χ2v) is 8.17. The number of aliphatic hydroxyl groups is 1. The third kappa shape index (κ3) is 2.92. The van der Waals surface area contributed by atoms with Crippen LogP contribution < -0.4 is 0 Å². The van der Waals surface area contributed by atoms with Crippen molar-refractivity contribution in [1.29, 1.82) is 0 Å². The van der Waals surface area contributed by atoms with Crippen LogP contribution >= 0.6 is 11.3 Å². The summed E-state index contributed by atoms with van der Waals surface area (Å²) < 4.78 is 29.8. The first-order chi connectivity index (χ1) is 11.2. The summed E-state index contributed by atoms with van der Waals surface area (Å²) in [6.45, 7) is 5.20. The zero-order valence-corrected chi connectivity index (χ0v) is 15.4. The molecule has 0 fully saturated rings. The summed E-state index contributed by atoms with van der Waals surface area (Å²) in [6, 6.07) is 0. The minimum absolute atomic E-state index is 0.291. The number of methoxy groups -OCH3 is 1. The molecule has 0 amide bonds. The first kappa shape index (κ1) is 17.3. The molecule has 3 rings (SSSR count). The van der Waals surface area contributed by atoms with Crippen LogP contribution in [0.25, 0.3) is 10.5 Å². The fraction of sp³-hybridized carbons (Fsp3) is 0.467. The van der Waals surface area contributed by atoms with Gasteiger partial charge in [-0.15, -0.1) is 0 Å². The smallest absolute Gasteiger partial charge is 0.213 e. The quantitative estimate of drug-likeness (QED) is 0.827. The Labute approximate surface area is 146 Å². The summed E-state index contributed by atoms with van der Waals surface area (Å²) in [6.07, 6.45) is 3.79. The Hall–Kier alpha value is -1.55. The van der Waals surface area contributed by atoms with Crippen LogP contribution in [0.4, 0.5) is 0 Å². The Balaban J connectivity index is 2.10. The molecule has 7 nitrogen and oxygen atoms in total. The molecule has 2 unspecified atom stereocenters. The molecular formula is C15H18N3O4S2-. The van der Waals surface area contributed by atoms with Crippen LogP contribution in [0.2, 0.25) is 0 Å². The van der Waals surface area contributed by atoms with Crippen LogP contribution in [0.3, 0.4) is 0 Å². The number of fused-ring (bicyclic) bond motifs is 1. The highest BCUT2D eigenvalue weighted by molar-refractivity contribution is 7.80. The number of hydrogen-bond donors (Lipinski definition) is 1. The SMILES string of the molecule is COC1=CC=C(c2c(C)nc3sc(C(C)(C)O)nn23)CC1S(=O)[O-]. The van der Waals surface area contributed by atoms with E-state index in [4.69, 9.17) is 4.74 Å². The van der Waals surface area contributed by atoms with Crippen LogP contribution in [-0.4, -0.2) is 40.8 Å². The molecule has 2 atom stereocenters. The van der Waals surface area contributed by atoms with Gasteiger partial charge in [0, 0.05) is 0 Å². The van der Waals surface area contributed by atoms with Gasteiger partial charge < -0.3 is 14.4 Å². The van der Waals surface area contributed by atoms with Crippen LogP contribution in [0.5, 0.6) is 0 Å². The summed E-state index contributed by atoms with van der Waals surface area (Å²) in [4.78, 5) is 5.16. The fourth-order valence-corrected chi connectivity index (χ4v) is 4.29. The molecule has 0 spiro atoms. The lowest BCUT2D eigenvalue weighted by molar-refractivity contribution is 0.0772. The largest absolute Gasteiger partial charge is 0.772 e. The summed E-state index contributed by atoms with van der Waals surface area (Å²) in [7, 11) is 1.46. The summed E-state index contributed by atoms with van der Waals surface area (Å²) >= 11 is -0.968. The Morgan fingerprint density at radius 1 is 1.50 bits per heavy atom. The summed E-state index contributed by atoms with van der Waals surface area (Å²) in [5.74, 6) is 0.418. The Kier molecular flexibility index (Phi) is 4.37. The topological polar surface area (TPSA) is 99.8 Å². The lowest BCUT2D eigenvalue weighted by Crippen LogP contribution is -2.22. The second kappa shape index (κ2) is 6.07. The zero-order valence-electron chi connectivity index (χ0n) is 13.8. The van der Waals surface area contributed by atoms with E-state index in [0.29, 0.717) is 22.1 Å². The Morgan fingerprint density at radius 2 is 2.21 bits per heavy atom. The minimum Gasteiger partial charge on any atom is -0.772 e. The summed E-state index contributed by atoms with van der Waals surface area (Å²) in [5, 5.41) is 14.4. The molecule has 9 heteroatoms. The molecule has 0 saturated heterocycles. The van der Waals surface area contributed by atoms with Gasteiger partial charge in [0.05, 0.1) is 23.7 Å². The van der Waals surface area contributed by atoms with Gasteiger partial charge >= 0.3 is 0 Å². The number of nitrogens with zero attached hydrogens (tertiary/aromatic N) is 3. The lowest BCUT2D eigenvalue weighted by atomic mass is 9.99. The van der Waals surface area contributed by atoms with Crippen LogP contribution in [0.15, 0.2) is 17.9 Å². The lowest BCUT2D eigenvalue weighted by Gasteiger charge is -2.25. The molecule has 2 aromatic heterocycles. The van der Waals surface area contributed by atoms with Gasteiger partial charge in [-0.1, -0.05) is 17.4 Å². The monoisotopic (exact) mass is 368 g/mol. The predicted molar refractivity (Wildman–Crippen MR) is 91.2 cm³/mol. The van der Waals surface area contributed by atoms with E-state index in [0.717, 1.165) is 17.0 Å². The average molecular weight is 368 g/mol. The molecule has 1 N–H and O–H groups in total. The van der Waals surface area contributed by atoms with Gasteiger partial charge in [0.25, 0.3) is 0 Å². The number of allylic oxidation sites excluding steroid dienone is 3. The van der Waals surface area contributed by atoms with Gasteiger partial charge in [0.1, 0.15) is 16.4 Å². The van der Waals surface area contributed by atoms with E-state index < -0.39 is 21.9 Å². The molecule has 24 heavy (non-hydrogen) atoms. The van der Waals surface area contributed by atoms with Crippen LogP contribution in [0, 0.1) is 6.92 Å². The maximum absolute atomic E-state index is 11.5. The molecule has 0 bridgehead atoms. The maximum atomic E-state index is 11.5. The maximum Gasteiger partial charge on any atom is 0.213 e. The van der Waals surface area contributed by atoms with E-state index in [1.807, 2.05) is 13.0 Å². The van der Waals surface area contributed by atoms with Crippen molar-refractivity contribution in [2.45, 2.75) is 38.0 Å². The van der Waals surface area contributed by atoms with Crippen LogP contribution in [-0.2, 0) is 21.4 Å². The summed E-state index contributed by atoms with van der Waals surface area (Å²) in [5.41, 5.74) is 1.30. The first-order valence-corrected chi connectivity index (χ1v) is 9.30. The van der Waals surface area contributed by atoms with E-state index >= 15 is 0 Å². The molecule has 0 radical (unpaired) electrons. The van der Waals surface area contributed by atoms with E-state index in [-0.39, 0.29) is 0 Å². The van der Waals surface area contributed by atoms with Crippen molar-refractivity contribution in [3.8, 4) is 0 Å².